The zero-order chi connectivity index (χ0) is 14.8. The predicted molar refractivity (Wildman–Crippen MR) is 88.3 cm³/mol. The van der Waals surface area contributed by atoms with Crippen LogP contribution in [-0.2, 0) is 0 Å². The Hall–Kier alpha value is -1.94. The average Bonchev–Trinajstić information content (AvgIpc) is 2.97. The molecular weight excluding hydrogens is 283 g/mol. The number of nitrogens with zero attached hydrogens (tertiary/aromatic N) is 1. The Labute approximate surface area is 129 Å². The molecule has 1 heterocycles. The largest absolute Gasteiger partial charge is 0.389 e. The summed E-state index contributed by atoms with van der Waals surface area (Å²) >= 11 is 4.88. The molecule has 2 aromatic rings. The lowest BCUT2D eigenvalue weighted by atomic mass is 9.99. The Morgan fingerprint density at radius 2 is 1.95 bits per heavy atom. The smallest absolute Gasteiger partial charge is 0.147 e. The van der Waals surface area contributed by atoms with E-state index in [4.69, 9.17) is 18.0 Å². The maximum Gasteiger partial charge on any atom is 0.147 e. The number of rotatable bonds is 3. The lowest BCUT2D eigenvalue weighted by Crippen LogP contribution is -2.21. The Morgan fingerprint density at radius 1 is 1.19 bits per heavy atom. The van der Waals surface area contributed by atoms with E-state index >= 15 is 0 Å². The van der Waals surface area contributed by atoms with Gasteiger partial charge in [0.1, 0.15) is 10.8 Å². The molecule has 1 unspecified atom stereocenters. The molecule has 0 radical (unpaired) electrons. The van der Waals surface area contributed by atoms with E-state index in [1.807, 2.05) is 6.07 Å². The van der Waals surface area contributed by atoms with Gasteiger partial charge in [0.2, 0.25) is 0 Å². The molecule has 2 nitrogen and oxygen atoms in total. The standard InChI is InChI=1S/C17H17FN2S/c18-15-10-13(17(19)21)6-7-16(15)20-9-8-14(11-20)12-4-2-1-3-5-12/h1-7,10,14H,8-9,11H2,(H2,19,21). The first-order valence-corrected chi connectivity index (χ1v) is 7.45. The van der Waals surface area contributed by atoms with Crippen molar-refractivity contribution < 1.29 is 4.39 Å². The summed E-state index contributed by atoms with van der Waals surface area (Å²) in [6.07, 6.45) is 1.04. The first-order valence-electron chi connectivity index (χ1n) is 7.04. The predicted octanol–water partition coefficient (Wildman–Crippen LogP) is 3.45. The van der Waals surface area contributed by atoms with Crippen molar-refractivity contribution in [3.05, 3.63) is 65.5 Å². The van der Waals surface area contributed by atoms with Gasteiger partial charge in [-0.15, -0.1) is 0 Å². The molecule has 108 valence electrons. The Kier molecular flexibility index (Phi) is 3.88. The highest BCUT2D eigenvalue weighted by Gasteiger charge is 2.25. The number of anilines is 1. The summed E-state index contributed by atoms with van der Waals surface area (Å²) < 4.78 is 14.2. The summed E-state index contributed by atoms with van der Waals surface area (Å²) in [5.41, 5.74) is 8.06. The highest BCUT2D eigenvalue weighted by molar-refractivity contribution is 7.80. The molecular formula is C17H17FN2S. The van der Waals surface area contributed by atoms with Gasteiger partial charge in [-0.3, -0.25) is 0 Å². The van der Waals surface area contributed by atoms with E-state index in [1.54, 1.807) is 12.1 Å². The van der Waals surface area contributed by atoms with Gasteiger partial charge < -0.3 is 10.6 Å². The van der Waals surface area contributed by atoms with E-state index in [2.05, 4.69) is 29.2 Å². The van der Waals surface area contributed by atoms with Crippen LogP contribution in [0.25, 0.3) is 0 Å². The summed E-state index contributed by atoms with van der Waals surface area (Å²) in [5.74, 6) is 0.204. The molecule has 1 aliphatic rings. The fourth-order valence-corrected chi connectivity index (χ4v) is 3.02. The van der Waals surface area contributed by atoms with Crippen molar-refractivity contribution >= 4 is 22.9 Å². The van der Waals surface area contributed by atoms with Crippen LogP contribution in [0.2, 0.25) is 0 Å². The highest BCUT2D eigenvalue weighted by atomic mass is 32.1. The summed E-state index contributed by atoms with van der Waals surface area (Å²) in [7, 11) is 0. The van der Waals surface area contributed by atoms with E-state index in [0.29, 0.717) is 17.2 Å². The highest BCUT2D eigenvalue weighted by Crippen LogP contribution is 2.32. The fraction of sp³-hybridized carbons (Fsp3) is 0.235. The molecule has 2 aromatic carbocycles. The Morgan fingerprint density at radius 3 is 2.62 bits per heavy atom. The molecule has 0 saturated carbocycles. The van der Waals surface area contributed by atoms with Gasteiger partial charge in [0.05, 0.1) is 5.69 Å². The van der Waals surface area contributed by atoms with Gasteiger partial charge in [0, 0.05) is 24.6 Å². The second-order valence-corrected chi connectivity index (χ2v) is 5.81. The molecule has 1 fully saturated rings. The number of hydrogen-bond acceptors (Lipinski definition) is 2. The van der Waals surface area contributed by atoms with Gasteiger partial charge in [0.15, 0.2) is 0 Å². The van der Waals surface area contributed by atoms with Gasteiger partial charge in [-0.25, -0.2) is 4.39 Å². The van der Waals surface area contributed by atoms with Gasteiger partial charge >= 0.3 is 0 Å². The third kappa shape index (κ3) is 2.90. The van der Waals surface area contributed by atoms with E-state index in [1.165, 1.54) is 11.6 Å². The molecule has 0 amide bonds. The lowest BCUT2D eigenvalue weighted by Gasteiger charge is -2.20. The topological polar surface area (TPSA) is 29.3 Å². The molecule has 0 bridgehead atoms. The molecule has 1 saturated heterocycles. The van der Waals surface area contributed by atoms with Crippen molar-refractivity contribution in [2.75, 3.05) is 18.0 Å². The van der Waals surface area contributed by atoms with Crippen LogP contribution in [0.4, 0.5) is 10.1 Å². The first-order chi connectivity index (χ1) is 10.1. The molecule has 21 heavy (non-hydrogen) atoms. The van der Waals surface area contributed by atoms with Crippen LogP contribution >= 0.6 is 12.2 Å². The number of thiocarbonyl (C=S) groups is 1. The van der Waals surface area contributed by atoms with E-state index < -0.39 is 0 Å². The van der Waals surface area contributed by atoms with E-state index in [-0.39, 0.29) is 10.8 Å². The zero-order valence-electron chi connectivity index (χ0n) is 11.6. The van der Waals surface area contributed by atoms with Crippen LogP contribution in [-0.4, -0.2) is 18.1 Å². The fourth-order valence-electron chi connectivity index (χ4n) is 2.89. The number of nitrogens with two attached hydrogens (primary N) is 1. The number of halogens is 1. The summed E-state index contributed by atoms with van der Waals surface area (Å²) in [4.78, 5) is 2.32. The SMILES string of the molecule is NC(=S)c1ccc(N2CCC(c3ccccc3)C2)c(F)c1. The summed E-state index contributed by atoms with van der Waals surface area (Å²) in [6, 6.07) is 15.4. The first kappa shape index (κ1) is 14.0. The quantitative estimate of drug-likeness (QED) is 0.880. The van der Waals surface area contributed by atoms with Gasteiger partial charge in [0.25, 0.3) is 0 Å². The normalized spacial score (nSPS) is 18.0. The van der Waals surface area contributed by atoms with Crippen LogP contribution < -0.4 is 10.6 Å². The van der Waals surface area contributed by atoms with Crippen LogP contribution in [0.5, 0.6) is 0 Å². The Balaban J connectivity index is 1.79. The minimum Gasteiger partial charge on any atom is -0.389 e. The van der Waals surface area contributed by atoms with Crippen molar-refractivity contribution in [3.63, 3.8) is 0 Å². The van der Waals surface area contributed by atoms with Crippen molar-refractivity contribution in [2.24, 2.45) is 5.73 Å². The molecule has 1 aliphatic heterocycles. The Bertz CT molecular complexity index is 657. The van der Waals surface area contributed by atoms with Crippen LogP contribution in [0, 0.1) is 5.82 Å². The van der Waals surface area contributed by atoms with Crippen molar-refractivity contribution in [3.8, 4) is 0 Å². The maximum absolute atomic E-state index is 14.2. The molecule has 1 atom stereocenters. The van der Waals surface area contributed by atoms with Gasteiger partial charge in [-0.2, -0.15) is 0 Å². The maximum atomic E-state index is 14.2. The van der Waals surface area contributed by atoms with Gasteiger partial charge in [-0.05, 0) is 30.2 Å². The molecule has 2 N–H and O–H groups in total. The minimum atomic E-state index is -0.256. The number of benzene rings is 2. The monoisotopic (exact) mass is 300 g/mol. The van der Waals surface area contributed by atoms with Crippen LogP contribution in [0.1, 0.15) is 23.5 Å². The molecule has 3 rings (SSSR count). The van der Waals surface area contributed by atoms with E-state index in [9.17, 15) is 4.39 Å². The third-order valence-electron chi connectivity index (χ3n) is 4.03. The van der Waals surface area contributed by atoms with Gasteiger partial charge in [-0.1, -0.05) is 42.5 Å². The summed E-state index contributed by atoms with van der Waals surface area (Å²) in [5, 5.41) is 0. The van der Waals surface area contributed by atoms with E-state index in [0.717, 1.165) is 19.5 Å². The zero-order valence-corrected chi connectivity index (χ0v) is 12.4. The van der Waals surface area contributed by atoms with Crippen LogP contribution in [0.15, 0.2) is 48.5 Å². The molecule has 4 heteroatoms. The van der Waals surface area contributed by atoms with Crippen molar-refractivity contribution in [1.82, 2.24) is 0 Å². The third-order valence-corrected chi connectivity index (χ3v) is 4.27. The molecule has 0 spiro atoms. The average molecular weight is 300 g/mol. The molecule has 0 aliphatic carbocycles. The second kappa shape index (κ2) is 5.82. The number of hydrogen-bond donors (Lipinski definition) is 1. The van der Waals surface area contributed by atoms with Crippen molar-refractivity contribution in [1.29, 1.82) is 0 Å². The minimum absolute atomic E-state index is 0.226. The summed E-state index contributed by atoms with van der Waals surface area (Å²) in [6.45, 7) is 1.70. The van der Waals surface area contributed by atoms with Crippen molar-refractivity contribution in [2.45, 2.75) is 12.3 Å². The second-order valence-electron chi connectivity index (χ2n) is 5.37. The lowest BCUT2D eigenvalue weighted by molar-refractivity contribution is 0.622. The van der Waals surface area contributed by atoms with Crippen LogP contribution in [0.3, 0.4) is 0 Å². The molecule has 0 aromatic heterocycles.